The van der Waals surface area contributed by atoms with Gasteiger partial charge in [0, 0.05) is 18.2 Å². The number of nitrogens with two attached hydrogens (primary N) is 1. The van der Waals surface area contributed by atoms with E-state index in [-0.39, 0.29) is 5.02 Å². The van der Waals surface area contributed by atoms with Crippen molar-refractivity contribution >= 4 is 28.9 Å². The highest BCUT2D eigenvalue weighted by atomic mass is 35.5. The molecule has 1 aromatic carbocycles. The van der Waals surface area contributed by atoms with Gasteiger partial charge >= 0.3 is 0 Å². The first-order chi connectivity index (χ1) is 9.08. The summed E-state index contributed by atoms with van der Waals surface area (Å²) in [6.45, 7) is 2.04. The molecule has 2 aromatic rings. The Balaban J connectivity index is 2.24. The summed E-state index contributed by atoms with van der Waals surface area (Å²) in [5, 5.41) is 3.06. The van der Waals surface area contributed by atoms with Crippen LogP contribution in [0.5, 0.6) is 0 Å². The number of nitrogen functional groups attached to an aromatic ring is 1. The first kappa shape index (κ1) is 13.5. The van der Waals surface area contributed by atoms with Crippen molar-refractivity contribution in [2.75, 3.05) is 11.1 Å². The van der Waals surface area contributed by atoms with E-state index < -0.39 is 5.82 Å². The molecule has 4 nitrogen and oxygen atoms in total. The van der Waals surface area contributed by atoms with E-state index in [2.05, 4.69) is 15.3 Å². The molecule has 0 aliphatic rings. The molecule has 0 radical (unpaired) electrons. The number of aryl methyl sites for hydroxylation is 1. The highest BCUT2D eigenvalue weighted by Crippen LogP contribution is 2.22. The molecule has 6 heteroatoms. The van der Waals surface area contributed by atoms with E-state index in [9.17, 15) is 4.39 Å². The van der Waals surface area contributed by atoms with E-state index in [1.165, 1.54) is 12.1 Å². The molecule has 0 spiro atoms. The Morgan fingerprint density at radius 2 is 2.11 bits per heavy atom. The van der Waals surface area contributed by atoms with Crippen LogP contribution < -0.4 is 11.1 Å². The van der Waals surface area contributed by atoms with Crippen molar-refractivity contribution in [2.24, 2.45) is 0 Å². The Morgan fingerprint density at radius 1 is 1.32 bits per heavy atom. The number of rotatable bonds is 4. The first-order valence-electron chi connectivity index (χ1n) is 5.94. The van der Waals surface area contributed by atoms with Crippen molar-refractivity contribution in [3.05, 3.63) is 40.9 Å². The van der Waals surface area contributed by atoms with E-state index in [1.807, 2.05) is 6.92 Å². The Labute approximate surface area is 115 Å². The summed E-state index contributed by atoms with van der Waals surface area (Å²) in [7, 11) is 0. The molecule has 1 aromatic heterocycles. The van der Waals surface area contributed by atoms with Crippen molar-refractivity contribution in [3.63, 3.8) is 0 Å². The SMILES string of the molecule is CCCc1nc(N)cc(Nc2ccc(Cl)c(F)c2)n1. The maximum atomic E-state index is 13.3. The number of nitrogens with zero attached hydrogens (tertiary/aromatic N) is 2. The molecule has 19 heavy (non-hydrogen) atoms. The number of anilines is 3. The van der Waals surface area contributed by atoms with Crippen LogP contribution in [0.15, 0.2) is 24.3 Å². The minimum atomic E-state index is -0.484. The lowest BCUT2D eigenvalue weighted by Crippen LogP contribution is -2.03. The molecule has 0 aliphatic heterocycles. The van der Waals surface area contributed by atoms with Crippen LogP contribution in [0.3, 0.4) is 0 Å². The Kier molecular flexibility index (Phi) is 4.16. The van der Waals surface area contributed by atoms with Gasteiger partial charge in [-0.3, -0.25) is 0 Å². The Hall–Kier alpha value is -1.88. The zero-order chi connectivity index (χ0) is 13.8. The smallest absolute Gasteiger partial charge is 0.143 e. The Bertz CT molecular complexity index is 589. The van der Waals surface area contributed by atoms with Gasteiger partial charge in [0.05, 0.1) is 5.02 Å². The van der Waals surface area contributed by atoms with Crippen molar-refractivity contribution in [3.8, 4) is 0 Å². The molecular weight excluding hydrogens is 267 g/mol. The van der Waals surface area contributed by atoms with Gasteiger partial charge in [-0.25, -0.2) is 14.4 Å². The number of hydrogen-bond donors (Lipinski definition) is 2. The largest absolute Gasteiger partial charge is 0.384 e. The molecule has 0 saturated carbocycles. The minimum Gasteiger partial charge on any atom is -0.384 e. The molecule has 0 fully saturated rings. The maximum Gasteiger partial charge on any atom is 0.143 e. The summed E-state index contributed by atoms with van der Waals surface area (Å²) in [5.41, 5.74) is 6.27. The van der Waals surface area contributed by atoms with Crippen molar-refractivity contribution in [2.45, 2.75) is 19.8 Å². The summed E-state index contributed by atoms with van der Waals surface area (Å²) < 4.78 is 13.3. The van der Waals surface area contributed by atoms with Gasteiger partial charge in [0.25, 0.3) is 0 Å². The van der Waals surface area contributed by atoms with Crippen LogP contribution in [-0.2, 0) is 6.42 Å². The minimum absolute atomic E-state index is 0.0828. The number of halogens is 2. The number of nitrogens with one attached hydrogen (secondary N) is 1. The third-order valence-corrected chi connectivity index (χ3v) is 2.76. The molecule has 0 saturated heterocycles. The van der Waals surface area contributed by atoms with E-state index in [1.54, 1.807) is 12.1 Å². The van der Waals surface area contributed by atoms with E-state index in [4.69, 9.17) is 17.3 Å². The molecule has 3 N–H and O–H groups in total. The van der Waals surface area contributed by atoms with Crippen LogP contribution in [0.1, 0.15) is 19.2 Å². The summed E-state index contributed by atoms with van der Waals surface area (Å²) in [5.74, 6) is 1.11. The van der Waals surface area contributed by atoms with Gasteiger partial charge in [-0.15, -0.1) is 0 Å². The number of benzene rings is 1. The lowest BCUT2D eigenvalue weighted by atomic mass is 10.3. The molecule has 0 amide bonds. The van der Waals surface area contributed by atoms with E-state index in [0.29, 0.717) is 23.1 Å². The second-order valence-corrected chi connectivity index (χ2v) is 4.51. The fourth-order valence-corrected chi connectivity index (χ4v) is 1.76. The second kappa shape index (κ2) is 5.84. The molecule has 2 rings (SSSR count). The third-order valence-electron chi connectivity index (χ3n) is 2.46. The standard InChI is InChI=1S/C13H14ClFN4/c1-2-3-12-18-11(16)7-13(19-12)17-8-4-5-9(14)10(15)6-8/h4-7H,2-3H2,1H3,(H3,16,17,18,19). The molecule has 0 atom stereocenters. The average molecular weight is 281 g/mol. The van der Waals surface area contributed by atoms with Gasteiger partial charge in [-0.2, -0.15) is 0 Å². The van der Waals surface area contributed by atoms with Crippen LogP contribution in [0.25, 0.3) is 0 Å². The van der Waals surface area contributed by atoms with Crippen LogP contribution in [0, 0.1) is 5.82 Å². The highest BCUT2D eigenvalue weighted by Gasteiger charge is 2.05. The van der Waals surface area contributed by atoms with Gasteiger partial charge in [0.1, 0.15) is 23.3 Å². The van der Waals surface area contributed by atoms with Gasteiger partial charge in [-0.05, 0) is 24.6 Å². The second-order valence-electron chi connectivity index (χ2n) is 4.10. The fourth-order valence-electron chi connectivity index (χ4n) is 1.64. The lowest BCUT2D eigenvalue weighted by Gasteiger charge is -2.08. The molecule has 0 unspecified atom stereocenters. The topological polar surface area (TPSA) is 63.8 Å². The zero-order valence-corrected chi connectivity index (χ0v) is 11.2. The predicted molar refractivity (Wildman–Crippen MR) is 75.1 cm³/mol. The van der Waals surface area contributed by atoms with Gasteiger partial charge in [0.2, 0.25) is 0 Å². The number of aromatic nitrogens is 2. The van der Waals surface area contributed by atoms with Crippen molar-refractivity contribution in [1.29, 1.82) is 0 Å². The lowest BCUT2D eigenvalue weighted by molar-refractivity contribution is 0.629. The molecule has 100 valence electrons. The molecule has 1 heterocycles. The van der Waals surface area contributed by atoms with E-state index in [0.717, 1.165) is 12.8 Å². The first-order valence-corrected chi connectivity index (χ1v) is 6.32. The van der Waals surface area contributed by atoms with Crippen LogP contribution >= 0.6 is 11.6 Å². The van der Waals surface area contributed by atoms with Gasteiger partial charge < -0.3 is 11.1 Å². The fraction of sp³-hybridized carbons (Fsp3) is 0.231. The molecule has 0 aliphatic carbocycles. The maximum absolute atomic E-state index is 13.3. The Morgan fingerprint density at radius 3 is 2.79 bits per heavy atom. The van der Waals surface area contributed by atoms with Crippen molar-refractivity contribution in [1.82, 2.24) is 9.97 Å². The summed E-state index contributed by atoms with van der Waals surface area (Å²) >= 11 is 5.63. The highest BCUT2D eigenvalue weighted by molar-refractivity contribution is 6.30. The average Bonchev–Trinajstić information content (AvgIpc) is 2.33. The zero-order valence-electron chi connectivity index (χ0n) is 10.5. The predicted octanol–water partition coefficient (Wildman–Crippen LogP) is 3.55. The monoisotopic (exact) mass is 280 g/mol. The van der Waals surface area contributed by atoms with Crippen LogP contribution in [0.2, 0.25) is 5.02 Å². The molecular formula is C13H14ClFN4. The van der Waals surface area contributed by atoms with Gasteiger partial charge in [0.15, 0.2) is 0 Å². The third kappa shape index (κ3) is 3.54. The number of hydrogen-bond acceptors (Lipinski definition) is 4. The summed E-state index contributed by atoms with van der Waals surface area (Å²) in [6, 6.07) is 6.06. The summed E-state index contributed by atoms with van der Waals surface area (Å²) in [6.07, 6.45) is 1.67. The van der Waals surface area contributed by atoms with Crippen molar-refractivity contribution < 1.29 is 4.39 Å². The summed E-state index contributed by atoms with van der Waals surface area (Å²) in [4.78, 5) is 8.44. The van der Waals surface area contributed by atoms with Crippen LogP contribution in [0.4, 0.5) is 21.7 Å². The van der Waals surface area contributed by atoms with Gasteiger partial charge in [-0.1, -0.05) is 18.5 Å². The molecule has 0 bridgehead atoms. The van der Waals surface area contributed by atoms with Crippen LogP contribution in [-0.4, -0.2) is 9.97 Å². The normalized spacial score (nSPS) is 10.5. The quantitative estimate of drug-likeness (QED) is 0.899. The van der Waals surface area contributed by atoms with E-state index >= 15 is 0 Å².